The molecule has 4 nitrogen and oxygen atoms in total. The highest BCUT2D eigenvalue weighted by atomic mass is 79.9. The maximum atomic E-state index is 11.4. The van der Waals surface area contributed by atoms with Gasteiger partial charge >= 0.3 is 0 Å². The molecule has 106 valence electrons. The highest BCUT2D eigenvalue weighted by Gasteiger charge is 2.26. The Morgan fingerprint density at radius 2 is 2.05 bits per heavy atom. The normalized spacial score (nSPS) is 13.4. The van der Waals surface area contributed by atoms with Crippen molar-refractivity contribution >= 4 is 32.5 Å². The molecule has 0 saturated carbocycles. The number of halogens is 1. The van der Waals surface area contributed by atoms with Crippen LogP contribution in [0.3, 0.4) is 0 Å². The number of benzene rings is 1. The second-order valence-corrected chi connectivity index (χ2v) is 7.04. The van der Waals surface area contributed by atoms with Crippen LogP contribution in [0.5, 0.6) is 0 Å². The molecule has 0 bridgehead atoms. The standard InChI is InChI=1S/C15H17BrN2O2/c1-15(2,3)13(16)9-10-6-7-12-11(5-4-8-17-12)14(10)18(19)20/h4-8,13H,9H2,1-3H3. The molecule has 0 radical (unpaired) electrons. The average molecular weight is 337 g/mol. The number of rotatable bonds is 3. The summed E-state index contributed by atoms with van der Waals surface area (Å²) in [5.74, 6) is 0. The van der Waals surface area contributed by atoms with Gasteiger partial charge in [-0.05, 0) is 36.1 Å². The Kier molecular flexibility index (Phi) is 4.09. The van der Waals surface area contributed by atoms with E-state index in [9.17, 15) is 10.1 Å². The fourth-order valence-corrected chi connectivity index (χ4v) is 2.41. The highest BCUT2D eigenvalue weighted by Crippen LogP contribution is 2.34. The summed E-state index contributed by atoms with van der Waals surface area (Å²) in [6.45, 7) is 6.34. The first kappa shape index (κ1) is 14.9. The van der Waals surface area contributed by atoms with Gasteiger partial charge in [-0.2, -0.15) is 0 Å². The third kappa shape index (κ3) is 2.98. The fraction of sp³-hybridized carbons (Fsp3) is 0.400. The van der Waals surface area contributed by atoms with Gasteiger partial charge in [0.1, 0.15) is 0 Å². The molecule has 1 aromatic carbocycles. The maximum Gasteiger partial charge on any atom is 0.281 e. The molecular weight excluding hydrogens is 320 g/mol. The molecule has 0 aliphatic carbocycles. The van der Waals surface area contributed by atoms with E-state index >= 15 is 0 Å². The molecule has 0 saturated heterocycles. The van der Waals surface area contributed by atoms with Crippen LogP contribution in [-0.2, 0) is 6.42 Å². The monoisotopic (exact) mass is 336 g/mol. The Morgan fingerprint density at radius 1 is 1.35 bits per heavy atom. The molecule has 2 aromatic rings. The number of hydrogen-bond acceptors (Lipinski definition) is 3. The molecule has 0 N–H and O–H groups in total. The van der Waals surface area contributed by atoms with Crippen LogP contribution in [-0.4, -0.2) is 14.7 Å². The summed E-state index contributed by atoms with van der Waals surface area (Å²) in [5.41, 5.74) is 1.61. The Balaban J connectivity index is 2.54. The smallest absolute Gasteiger partial charge is 0.258 e. The number of nitrogens with zero attached hydrogens (tertiary/aromatic N) is 2. The zero-order valence-electron chi connectivity index (χ0n) is 11.8. The fourth-order valence-electron chi connectivity index (χ4n) is 2.06. The zero-order valence-corrected chi connectivity index (χ0v) is 13.3. The number of fused-ring (bicyclic) bond motifs is 1. The van der Waals surface area contributed by atoms with Gasteiger partial charge in [0.2, 0.25) is 0 Å². The molecule has 0 fully saturated rings. The van der Waals surface area contributed by atoms with Crippen LogP contribution in [0.4, 0.5) is 5.69 Å². The van der Waals surface area contributed by atoms with Gasteiger partial charge < -0.3 is 0 Å². The number of pyridine rings is 1. The largest absolute Gasteiger partial charge is 0.281 e. The lowest BCUT2D eigenvalue weighted by atomic mass is 9.88. The second kappa shape index (κ2) is 5.48. The predicted octanol–water partition coefficient (Wildman–Crippen LogP) is 4.50. The molecule has 0 spiro atoms. The van der Waals surface area contributed by atoms with Crippen LogP contribution in [0, 0.1) is 15.5 Å². The lowest BCUT2D eigenvalue weighted by Crippen LogP contribution is -2.22. The van der Waals surface area contributed by atoms with E-state index in [1.54, 1.807) is 18.3 Å². The Morgan fingerprint density at radius 3 is 2.65 bits per heavy atom. The predicted molar refractivity (Wildman–Crippen MR) is 84.3 cm³/mol. The lowest BCUT2D eigenvalue weighted by Gasteiger charge is -2.25. The van der Waals surface area contributed by atoms with Crippen molar-refractivity contribution in [3.63, 3.8) is 0 Å². The van der Waals surface area contributed by atoms with Gasteiger partial charge in [0.05, 0.1) is 15.8 Å². The Bertz CT molecular complexity index is 650. The molecule has 20 heavy (non-hydrogen) atoms. The molecule has 1 atom stereocenters. The molecule has 0 aliphatic heterocycles. The summed E-state index contributed by atoms with van der Waals surface area (Å²) >= 11 is 3.64. The summed E-state index contributed by atoms with van der Waals surface area (Å²) in [7, 11) is 0. The third-order valence-corrected chi connectivity index (χ3v) is 5.06. The highest BCUT2D eigenvalue weighted by molar-refractivity contribution is 9.09. The van der Waals surface area contributed by atoms with Crippen molar-refractivity contribution in [1.29, 1.82) is 0 Å². The lowest BCUT2D eigenvalue weighted by molar-refractivity contribution is -0.383. The van der Waals surface area contributed by atoms with Gasteiger partial charge in [0.15, 0.2) is 0 Å². The molecule has 2 rings (SSSR count). The Labute approximate surface area is 126 Å². The molecule has 1 aromatic heterocycles. The first-order valence-corrected chi connectivity index (χ1v) is 7.37. The summed E-state index contributed by atoms with van der Waals surface area (Å²) < 4.78 is 0. The SMILES string of the molecule is CC(C)(C)C(Br)Cc1ccc2ncccc2c1[N+](=O)[O-]. The van der Waals surface area contributed by atoms with Gasteiger partial charge in [-0.15, -0.1) is 0 Å². The van der Waals surface area contributed by atoms with Crippen LogP contribution in [0.25, 0.3) is 10.9 Å². The van der Waals surface area contributed by atoms with Crippen LogP contribution in [0.15, 0.2) is 30.5 Å². The second-order valence-electron chi connectivity index (χ2n) is 5.94. The van der Waals surface area contributed by atoms with E-state index in [-0.39, 0.29) is 20.9 Å². The summed E-state index contributed by atoms with van der Waals surface area (Å²) in [6, 6.07) is 7.15. The number of hydrogen-bond donors (Lipinski definition) is 0. The summed E-state index contributed by atoms with van der Waals surface area (Å²) in [5, 5.41) is 12.0. The molecule has 0 amide bonds. The number of nitro benzene ring substituents is 1. The summed E-state index contributed by atoms with van der Waals surface area (Å²) in [6.07, 6.45) is 2.26. The quantitative estimate of drug-likeness (QED) is 0.471. The van der Waals surface area contributed by atoms with Crippen LogP contribution < -0.4 is 0 Å². The van der Waals surface area contributed by atoms with Crippen molar-refractivity contribution in [3.8, 4) is 0 Å². The Hall–Kier alpha value is -1.49. The van der Waals surface area contributed by atoms with Crippen molar-refractivity contribution in [3.05, 3.63) is 46.1 Å². The first-order chi connectivity index (χ1) is 9.30. The minimum Gasteiger partial charge on any atom is -0.258 e. The van der Waals surface area contributed by atoms with Gasteiger partial charge in [-0.1, -0.05) is 36.7 Å². The minimum atomic E-state index is -0.304. The van der Waals surface area contributed by atoms with E-state index in [0.717, 1.165) is 5.56 Å². The minimum absolute atomic E-state index is 0.0394. The van der Waals surface area contributed by atoms with Crippen LogP contribution in [0.1, 0.15) is 26.3 Å². The molecule has 0 aliphatic rings. The van der Waals surface area contributed by atoms with Gasteiger partial charge in [-0.3, -0.25) is 15.1 Å². The van der Waals surface area contributed by atoms with Gasteiger partial charge in [0.25, 0.3) is 5.69 Å². The van der Waals surface area contributed by atoms with E-state index in [2.05, 4.69) is 41.7 Å². The average Bonchev–Trinajstić information content (AvgIpc) is 2.36. The van der Waals surface area contributed by atoms with Crippen molar-refractivity contribution in [2.75, 3.05) is 0 Å². The molecule has 5 heteroatoms. The number of alkyl halides is 1. The van der Waals surface area contributed by atoms with Crippen molar-refractivity contribution < 1.29 is 4.92 Å². The van der Waals surface area contributed by atoms with Gasteiger partial charge in [0, 0.05) is 16.6 Å². The van der Waals surface area contributed by atoms with E-state index < -0.39 is 0 Å². The maximum absolute atomic E-state index is 11.4. The number of aromatic nitrogens is 1. The van der Waals surface area contributed by atoms with Crippen LogP contribution in [0.2, 0.25) is 0 Å². The topological polar surface area (TPSA) is 56.0 Å². The van der Waals surface area contributed by atoms with E-state index in [4.69, 9.17) is 0 Å². The first-order valence-electron chi connectivity index (χ1n) is 6.46. The summed E-state index contributed by atoms with van der Waals surface area (Å²) in [4.78, 5) is 15.5. The molecule has 1 unspecified atom stereocenters. The number of nitro groups is 1. The van der Waals surface area contributed by atoms with Crippen LogP contribution >= 0.6 is 15.9 Å². The van der Waals surface area contributed by atoms with E-state index in [1.165, 1.54) is 0 Å². The van der Waals surface area contributed by atoms with Crippen molar-refractivity contribution in [2.45, 2.75) is 32.0 Å². The third-order valence-electron chi connectivity index (χ3n) is 3.36. The van der Waals surface area contributed by atoms with Crippen molar-refractivity contribution in [2.24, 2.45) is 5.41 Å². The van der Waals surface area contributed by atoms with Gasteiger partial charge in [-0.25, -0.2) is 0 Å². The molecular formula is C15H17BrN2O2. The molecule has 1 heterocycles. The van der Waals surface area contributed by atoms with E-state index in [1.807, 2.05) is 12.1 Å². The zero-order chi connectivity index (χ0) is 14.9. The van der Waals surface area contributed by atoms with E-state index in [0.29, 0.717) is 17.3 Å². The van der Waals surface area contributed by atoms with Crippen molar-refractivity contribution in [1.82, 2.24) is 4.98 Å².